The molecular weight excluding hydrogens is 378 g/mol. The molecule has 6 heteroatoms. The van der Waals surface area contributed by atoms with Gasteiger partial charge in [0.1, 0.15) is 12.4 Å². The largest absolute Gasteiger partial charge is 0.444 e. The number of aromatic nitrogens is 1. The number of nitrogens with one attached hydrogen (secondary N) is 2. The second-order valence-electron chi connectivity index (χ2n) is 6.80. The third-order valence-electron chi connectivity index (χ3n) is 4.52. The van der Waals surface area contributed by atoms with Crippen molar-refractivity contribution < 1.29 is 14.3 Å². The van der Waals surface area contributed by atoms with Crippen LogP contribution in [0, 0.1) is 11.8 Å². The Hall–Kier alpha value is -4.11. The second-order valence-corrected chi connectivity index (χ2v) is 6.80. The molecule has 0 unspecified atom stereocenters. The van der Waals surface area contributed by atoms with Crippen molar-refractivity contribution in [3.05, 3.63) is 89.1 Å². The number of pyridine rings is 1. The lowest BCUT2D eigenvalue weighted by Crippen LogP contribution is -2.20. The van der Waals surface area contributed by atoms with Gasteiger partial charge in [0, 0.05) is 29.4 Å². The zero-order valence-electron chi connectivity index (χ0n) is 16.1. The van der Waals surface area contributed by atoms with E-state index < -0.39 is 6.09 Å². The van der Waals surface area contributed by atoms with Gasteiger partial charge < -0.3 is 10.1 Å². The number of amides is 2. The van der Waals surface area contributed by atoms with Gasteiger partial charge in [-0.1, -0.05) is 48.2 Å². The quantitative estimate of drug-likeness (QED) is 0.652. The SMILES string of the molecule is O=C1CCc2cc(C#Cc3cccc(NC(=O)OCc4ccccc4)c3)cnc2N1. The van der Waals surface area contributed by atoms with E-state index in [9.17, 15) is 9.59 Å². The van der Waals surface area contributed by atoms with Crippen LogP contribution in [0.5, 0.6) is 0 Å². The van der Waals surface area contributed by atoms with E-state index in [1.807, 2.05) is 48.5 Å². The van der Waals surface area contributed by atoms with E-state index in [2.05, 4.69) is 27.5 Å². The molecule has 4 rings (SSSR count). The summed E-state index contributed by atoms with van der Waals surface area (Å²) >= 11 is 0. The molecule has 1 aliphatic heterocycles. The topological polar surface area (TPSA) is 80.3 Å². The third kappa shape index (κ3) is 5.03. The highest BCUT2D eigenvalue weighted by atomic mass is 16.5. The van der Waals surface area contributed by atoms with E-state index in [1.54, 1.807) is 18.3 Å². The van der Waals surface area contributed by atoms with Gasteiger partial charge in [-0.25, -0.2) is 9.78 Å². The van der Waals surface area contributed by atoms with Crippen LogP contribution in [0.1, 0.15) is 28.7 Å². The Morgan fingerprint density at radius 3 is 2.73 bits per heavy atom. The summed E-state index contributed by atoms with van der Waals surface area (Å²) in [5.74, 6) is 6.75. The molecule has 0 aliphatic carbocycles. The van der Waals surface area contributed by atoms with Crippen molar-refractivity contribution in [3.63, 3.8) is 0 Å². The Kier molecular flexibility index (Phi) is 5.72. The maximum absolute atomic E-state index is 12.0. The molecule has 1 aliphatic rings. The van der Waals surface area contributed by atoms with Gasteiger partial charge in [-0.3, -0.25) is 10.1 Å². The highest BCUT2D eigenvalue weighted by Gasteiger charge is 2.15. The zero-order chi connectivity index (χ0) is 20.8. The summed E-state index contributed by atoms with van der Waals surface area (Å²) in [6.45, 7) is 0.206. The molecule has 0 fully saturated rings. The monoisotopic (exact) mass is 397 g/mol. The molecule has 30 heavy (non-hydrogen) atoms. The molecule has 0 saturated carbocycles. The number of anilines is 2. The smallest absolute Gasteiger partial charge is 0.411 e. The van der Waals surface area contributed by atoms with Gasteiger partial charge in [0.25, 0.3) is 0 Å². The van der Waals surface area contributed by atoms with Crippen molar-refractivity contribution in [2.45, 2.75) is 19.4 Å². The first-order chi connectivity index (χ1) is 14.7. The molecule has 2 amide bonds. The van der Waals surface area contributed by atoms with Gasteiger partial charge in [-0.15, -0.1) is 0 Å². The highest BCUT2D eigenvalue weighted by Crippen LogP contribution is 2.20. The summed E-state index contributed by atoms with van der Waals surface area (Å²) in [5, 5.41) is 5.47. The second kappa shape index (κ2) is 8.93. The molecule has 2 heterocycles. The van der Waals surface area contributed by atoms with Crippen molar-refractivity contribution in [1.29, 1.82) is 0 Å². The van der Waals surface area contributed by atoms with Gasteiger partial charge in [0.05, 0.1) is 0 Å². The lowest BCUT2D eigenvalue weighted by molar-refractivity contribution is -0.116. The standard InChI is InChI=1S/C24H19N3O3/c28-22-12-11-20-13-19(15-25-23(20)27-22)10-9-17-7-4-8-21(14-17)26-24(29)30-16-18-5-2-1-3-6-18/h1-8,13-15H,11-12,16H2,(H,26,29)(H,25,27,28). The van der Waals surface area contributed by atoms with Crippen LogP contribution in [0.15, 0.2) is 66.9 Å². The van der Waals surface area contributed by atoms with Crippen LogP contribution in [0.25, 0.3) is 0 Å². The van der Waals surface area contributed by atoms with Crippen molar-refractivity contribution in [2.75, 3.05) is 10.6 Å². The Bertz CT molecular complexity index is 1150. The Labute approximate surface area is 174 Å². The number of hydrogen-bond donors (Lipinski definition) is 2. The van der Waals surface area contributed by atoms with Gasteiger partial charge in [0.2, 0.25) is 5.91 Å². The van der Waals surface area contributed by atoms with Crippen LogP contribution in [0.2, 0.25) is 0 Å². The number of carbonyl (C=O) groups excluding carboxylic acids is 2. The summed E-state index contributed by atoms with van der Waals surface area (Å²) in [4.78, 5) is 27.7. The Morgan fingerprint density at radius 2 is 1.87 bits per heavy atom. The minimum Gasteiger partial charge on any atom is -0.444 e. The first kappa shape index (κ1) is 19.2. The molecule has 1 aromatic heterocycles. The van der Waals surface area contributed by atoms with Crippen molar-refractivity contribution >= 4 is 23.5 Å². The van der Waals surface area contributed by atoms with Crippen LogP contribution in [-0.2, 0) is 22.6 Å². The van der Waals surface area contributed by atoms with Gasteiger partial charge in [-0.2, -0.15) is 0 Å². The number of carbonyl (C=O) groups is 2. The number of aryl methyl sites for hydroxylation is 1. The van der Waals surface area contributed by atoms with Crippen molar-refractivity contribution in [1.82, 2.24) is 4.98 Å². The molecule has 0 radical (unpaired) electrons. The van der Waals surface area contributed by atoms with E-state index >= 15 is 0 Å². The van der Waals surface area contributed by atoms with Gasteiger partial charge >= 0.3 is 6.09 Å². The number of nitrogens with zero attached hydrogens (tertiary/aromatic N) is 1. The fraction of sp³-hybridized carbons (Fsp3) is 0.125. The summed E-state index contributed by atoms with van der Waals surface area (Å²) in [7, 11) is 0. The average Bonchev–Trinajstić information content (AvgIpc) is 2.77. The van der Waals surface area contributed by atoms with Gasteiger partial charge in [0.15, 0.2) is 0 Å². The minimum atomic E-state index is -0.523. The molecule has 2 N–H and O–H groups in total. The molecule has 6 nitrogen and oxygen atoms in total. The van der Waals surface area contributed by atoms with Crippen LogP contribution in [-0.4, -0.2) is 17.0 Å². The first-order valence-electron chi connectivity index (χ1n) is 9.54. The Morgan fingerprint density at radius 1 is 1.03 bits per heavy atom. The third-order valence-corrected chi connectivity index (χ3v) is 4.52. The van der Waals surface area contributed by atoms with Gasteiger partial charge in [-0.05, 0) is 41.8 Å². The predicted molar refractivity (Wildman–Crippen MR) is 114 cm³/mol. The van der Waals surface area contributed by atoms with Crippen LogP contribution < -0.4 is 10.6 Å². The molecular formula is C24H19N3O3. The van der Waals surface area contributed by atoms with E-state index in [0.29, 0.717) is 24.3 Å². The van der Waals surface area contributed by atoms with E-state index in [0.717, 1.165) is 22.3 Å². The van der Waals surface area contributed by atoms with Crippen molar-refractivity contribution in [3.8, 4) is 11.8 Å². The number of rotatable bonds is 3. The normalized spacial score (nSPS) is 12.1. The lowest BCUT2D eigenvalue weighted by atomic mass is 10.0. The lowest BCUT2D eigenvalue weighted by Gasteiger charge is -2.15. The molecule has 3 aromatic rings. The summed E-state index contributed by atoms with van der Waals surface area (Å²) < 4.78 is 5.24. The number of hydrogen-bond acceptors (Lipinski definition) is 4. The summed E-state index contributed by atoms with van der Waals surface area (Å²) in [6.07, 6.45) is 2.24. The van der Waals surface area contributed by atoms with Crippen LogP contribution in [0.3, 0.4) is 0 Å². The van der Waals surface area contributed by atoms with E-state index in [4.69, 9.17) is 4.74 Å². The molecule has 0 atom stereocenters. The fourth-order valence-corrected chi connectivity index (χ4v) is 3.02. The molecule has 2 aromatic carbocycles. The maximum atomic E-state index is 12.0. The van der Waals surface area contributed by atoms with E-state index in [1.165, 1.54) is 0 Å². The number of benzene rings is 2. The number of ether oxygens (including phenoxy) is 1. The molecule has 148 valence electrons. The minimum absolute atomic E-state index is 0.0135. The molecule has 0 saturated heterocycles. The fourth-order valence-electron chi connectivity index (χ4n) is 3.02. The average molecular weight is 397 g/mol. The summed E-state index contributed by atoms with van der Waals surface area (Å²) in [6, 6.07) is 18.7. The Balaban J connectivity index is 1.39. The predicted octanol–water partition coefficient (Wildman–Crippen LogP) is 4.11. The summed E-state index contributed by atoms with van der Waals surface area (Å²) in [5.41, 5.74) is 4.03. The first-order valence-corrected chi connectivity index (χ1v) is 9.54. The molecule has 0 bridgehead atoms. The molecule has 0 spiro atoms. The van der Waals surface area contributed by atoms with Crippen LogP contribution in [0.4, 0.5) is 16.3 Å². The maximum Gasteiger partial charge on any atom is 0.411 e. The van der Waals surface area contributed by atoms with E-state index in [-0.39, 0.29) is 12.5 Å². The number of fused-ring (bicyclic) bond motifs is 1. The zero-order valence-corrected chi connectivity index (χ0v) is 16.1. The van der Waals surface area contributed by atoms with Crippen molar-refractivity contribution in [2.24, 2.45) is 0 Å². The highest BCUT2D eigenvalue weighted by molar-refractivity contribution is 5.92. The van der Waals surface area contributed by atoms with Crippen LogP contribution >= 0.6 is 0 Å².